The van der Waals surface area contributed by atoms with Crippen LogP contribution in [0.4, 0.5) is 0 Å². The Bertz CT molecular complexity index is 689. The van der Waals surface area contributed by atoms with E-state index in [2.05, 4.69) is 5.10 Å². The minimum atomic E-state index is -2.39. The van der Waals surface area contributed by atoms with Gasteiger partial charge in [-0.05, 0) is 18.9 Å². The summed E-state index contributed by atoms with van der Waals surface area (Å²) in [5.74, 6) is -1.09. The standard InChI is InChI=1S/C15H19N3O4S/c1-15(11-23(21)22,14(19)17-20)7-8-18-10-13(9-16-18)12-5-3-2-4-6-12/h2-6,9-10,20H,7-8,11H2,1H3,(H,17,19)(H,21,22)/p-1. The number of aryl methyl sites for hydroxylation is 1. The Balaban J connectivity index is 2.08. The van der Waals surface area contributed by atoms with Gasteiger partial charge in [0.25, 0.3) is 0 Å². The van der Waals surface area contributed by atoms with Crippen molar-refractivity contribution in [2.24, 2.45) is 5.41 Å². The summed E-state index contributed by atoms with van der Waals surface area (Å²) in [4.78, 5) is 11.8. The SMILES string of the molecule is CC(CCn1cc(-c2ccccc2)cn1)(CS(=O)[O-])C(=O)NO. The highest BCUT2D eigenvalue weighted by Gasteiger charge is 2.33. The van der Waals surface area contributed by atoms with Crippen molar-refractivity contribution in [2.45, 2.75) is 19.9 Å². The van der Waals surface area contributed by atoms with Crippen LogP contribution in [0, 0.1) is 5.41 Å². The molecule has 0 radical (unpaired) electrons. The molecular formula is C15H18N3O4S-. The first-order valence-electron chi connectivity index (χ1n) is 7.03. The van der Waals surface area contributed by atoms with Crippen LogP contribution >= 0.6 is 0 Å². The lowest BCUT2D eigenvalue weighted by molar-refractivity contribution is -0.138. The smallest absolute Gasteiger partial charge is 0.250 e. The molecule has 8 heteroatoms. The highest BCUT2D eigenvalue weighted by atomic mass is 32.2. The highest BCUT2D eigenvalue weighted by Crippen LogP contribution is 2.24. The number of benzene rings is 1. The van der Waals surface area contributed by atoms with E-state index in [9.17, 15) is 13.6 Å². The highest BCUT2D eigenvalue weighted by molar-refractivity contribution is 7.79. The van der Waals surface area contributed by atoms with Gasteiger partial charge in [0.1, 0.15) is 0 Å². The first kappa shape index (κ1) is 17.3. The summed E-state index contributed by atoms with van der Waals surface area (Å²) >= 11 is -2.39. The average Bonchev–Trinajstić information content (AvgIpc) is 3.01. The number of amides is 1. The minimum absolute atomic E-state index is 0.225. The fraction of sp³-hybridized carbons (Fsp3) is 0.333. The number of aromatic nitrogens is 2. The van der Waals surface area contributed by atoms with Gasteiger partial charge in [-0.2, -0.15) is 5.10 Å². The molecule has 2 aromatic rings. The predicted octanol–water partition coefficient (Wildman–Crippen LogP) is 1.33. The third-order valence-electron chi connectivity index (χ3n) is 3.72. The number of rotatable bonds is 7. The third kappa shape index (κ3) is 4.47. The maximum atomic E-state index is 11.8. The van der Waals surface area contributed by atoms with E-state index in [1.165, 1.54) is 12.4 Å². The van der Waals surface area contributed by atoms with Crippen LogP contribution in [0.2, 0.25) is 0 Å². The zero-order valence-corrected chi connectivity index (χ0v) is 13.5. The van der Waals surface area contributed by atoms with Crippen molar-refractivity contribution >= 4 is 17.0 Å². The summed E-state index contributed by atoms with van der Waals surface area (Å²) in [5, 5.41) is 13.0. The lowest BCUT2D eigenvalue weighted by Gasteiger charge is -2.27. The fourth-order valence-corrected chi connectivity index (χ4v) is 3.07. The monoisotopic (exact) mass is 336 g/mol. The van der Waals surface area contributed by atoms with Crippen molar-refractivity contribution in [1.82, 2.24) is 15.3 Å². The number of hydrogen-bond acceptors (Lipinski definition) is 5. The lowest BCUT2D eigenvalue weighted by Crippen LogP contribution is -2.42. The van der Waals surface area contributed by atoms with E-state index in [4.69, 9.17) is 5.21 Å². The molecule has 7 nitrogen and oxygen atoms in total. The van der Waals surface area contributed by atoms with Crippen LogP contribution in [0.25, 0.3) is 11.1 Å². The molecule has 0 aliphatic rings. The molecule has 2 rings (SSSR count). The van der Waals surface area contributed by atoms with Crippen molar-refractivity contribution in [3.8, 4) is 11.1 Å². The zero-order chi connectivity index (χ0) is 16.9. The van der Waals surface area contributed by atoms with Crippen LogP contribution in [0.1, 0.15) is 13.3 Å². The first-order valence-corrected chi connectivity index (χ1v) is 8.27. The lowest BCUT2D eigenvalue weighted by atomic mass is 9.88. The Labute approximate surface area is 136 Å². The third-order valence-corrected chi connectivity index (χ3v) is 4.59. The maximum Gasteiger partial charge on any atom is 0.250 e. The van der Waals surface area contributed by atoms with Gasteiger partial charge in [-0.15, -0.1) is 0 Å². The van der Waals surface area contributed by atoms with E-state index < -0.39 is 22.4 Å². The van der Waals surface area contributed by atoms with Crippen LogP contribution < -0.4 is 5.48 Å². The number of hydroxylamine groups is 1. The molecule has 23 heavy (non-hydrogen) atoms. The normalized spacial score (nSPS) is 14.9. The number of nitrogens with one attached hydrogen (secondary N) is 1. The van der Waals surface area contributed by atoms with E-state index in [-0.39, 0.29) is 12.2 Å². The molecule has 124 valence electrons. The minimum Gasteiger partial charge on any atom is -0.772 e. The summed E-state index contributed by atoms with van der Waals surface area (Å²) in [6, 6.07) is 9.71. The molecule has 0 saturated carbocycles. The molecule has 1 amide bonds. The van der Waals surface area contributed by atoms with Crippen molar-refractivity contribution in [2.75, 3.05) is 5.75 Å². The molecule has 0 fully saturated rings. The average molecular weight is 336 g/mol. The summed E-state index contributed by atoms with van der Waals surface area (Å²) in [6.07, 6.45) is 3.77. The molecule has 2 N–H and O–H groups in total. The van der Waals surface area contributed by atoms with E-state index >= 15 is 0 Å². The van der Waals surface area contributed by atoms with E-state index in [0.717, 1.165) is 11.1 Å². The van der Waals surface area contributed by atoms with Gasteiger partial charge in [0.05, 0.1) is 11.6 Å². The van der Waals surface area contributed by atoms with Gasteiger partial charge in [-0.1, -0.05) is 41.4 Å². The second-order valence-corrected chi connectivity index (χ2v) is 6.45. The summed E-state index contributed by atoms with van der Waals surface area (Å²) in [6.45, 7) is 1.85. The van der Waals surface area contributed by atoms with Crippen molar-refractivity contribution in [3.05, 3.63) is 42.7 Å². The quantitative estimate of drug-likeness (QED) is 0.450. The molecule has 1 aromatic heterocycles. The van der Waals surface area contributed by atoms with Crippen molar-refractivity contribution < 1.29 is 18.8 Å². The molecule has 0 aliphatic carbocycles. The van der Waals surface area contributed by atoms with Gasteiger partial charge >= 0.3 is 0 Å². The second-order valence-electron chi connectivity index (χ2n) is 5.56. The Morgan fingerprint density at radius 3 is 2.70 bits per heavy atom. The maximum absolute atomic E-state index is 11.8. The number of carbonyl (C=O) groups excluding carboxylic acids is 1. The molecule has 2 unspecified atom stereocenters. The molecule has 0 saturated heterocycles. The second kappa shape index (κ2) is 7.49. The van der Waals surface area contributed by atoms with Gasteiger partial charge in [-0.25, -0.2) is 5.48 Å². The molecule has 2 atom stereocenters. The van der Waals surface area contributed by atoms with E-state index in [1.54, 1.807) is 10.9 Å². The fourth-order valence-electron chi connectivity index (χ4n) is 2.27. The first-order chi connectivity index (χ1) is 10.9. The van der Waals surface area contributed by atoms with E-state index in [0.29, 0.717) is 6.54 Å². The number of hydrogen-bond donors (Lipinski definition) is 2. The van der Waals surface area contributed by atoms with Gasteiger partial charge in [0.2, 0.25) is 5.91 Å². The molecule has 1 heterocycles. The van der Waals surface area contributed by atoms with Crippen LogP contribution in [0.3, 0.4) is 0 Å². The summed E-state index contributed by atoms with van der Waals surface area (Å²) in [5.41, 5.74) is 2.27. The zero-order valence-electron chi connectivity index (χ0n) is 12.6. The van der Waals surface area contributed by atoms with Crippen LogP contribution in [-0.2, 0) is 22.4 Å². The Morgan fingerprint density at radius 2 is 2.09 bits per heavy atom. The van der Waals surface area contributed by atoms with Crippen molar-refractivity contribution in [3.63, 3.8) is 0 Å². The van der Waals surface area contributed by atoms with Crippen LogP contribution in [0.5, 0.6) is 0 Å². The Hall–Kier alpha value is -2.03. The molecular weight excluding hydrogens is 318 g/mol. The number of nitrogens with zero attached hydrogens (tertiary/aromatic N) is 2. The van der Waals surface area contributed by atoms with Gasteiger partial charge in [0.15, 0.2) is 0 Å². The Morgan fingerprint density at radius 1 is 1.39 bits per heavy atom. The predicted molar refractivity (Wildman–Crippen MR) is 84.1 cm³/mol. The van der Waals surface area contributed by atoms with Crippen molar-refractivity contribution in [1.29, 1.82) is 0 Å². The number of carbonyl (C=O) groups is 1. The summed E-state index contributed by atoms with van der Waals surface area (Å²) in [7, 11) is 0. The largest absolute Gasteiger partial charge is 0.772 e. The summed E-state index contributed by atoms with van der Waals surface area (Å²) < 4.78 is 23.6. The van der Waals surface area contributed by atoms with Crippen LogP contribution in [-0.4, -0.2) is 35.4 Å². The molecule has 1 aromatic carbocycles. The van der Waals surface area contributed by atoms with Gasteiger partial charge < -0.3 is 4.55 Å². The molecule has 0 aliphatic heterocycles. The Kier molecular flexibility index (Phi) is 5.64. The topological polar surface area (TPSA) is 107 Å². The van der Waals surface area contributed by atoms with Gasteiger partial charge in [0, 0.05) is 24.1 Å². The molecule has 0 bridgehead atoms. The van der Waals surface area contributed by atoms with Gasteiger partial charge in [-0.3, -0.25) is 18.9 Å². The molecule has 0 spiro atoms. The van der Waals surface area contributed by atoms with Crippen LogP contribution in [0.15, 0.2) is 42.7 Å². The van der Waals surface area contributed by atoms with E-state index in [1.807, 2.05) is 36.5 Å².